The van der Waals surface area contributed by atoms with Crippen molar-refractivity contribution in [3.63, 3.8) is 0 Å². The van der Waals surface area contributed by atoms with E-state index in [0.717, 1.165) is 32.4 Å². The first-order valence-electron chi connectivity index (χ1n) is 7.09. The monoisotopic (exact) mass is 310 g/mol. The van der Waals surface area contributed by atoms with Crippen molar-refractivity contribution < 1.29 is 14.7 Å². The zero-order chi connectivity index (χ0) is 15.2. The van der Waals surface area contributed by atoms with E-state index in [-0.39, 0.29) is 16.5 Å². The number of nitrogens with one attached hydrogen (secondary N) is 2. The van der Waals surface area contributed by atoms with Gasteiger partial charge in [0.05, 0.1) is 16.3 Å². The van der Waals surface area contributed by atoms with E-state index in [1.54, 1.807) is 0 Å². The van der Waals surface area contributed by atoms with Crippen LogP contribution in [0.5, 0.6) is 0 Å². The van der Waals surface area contributed by atoms with E-state index < -0.39 is 5.97 Å². The van der Waals surface area contributed by atoms with Gasteiger partial charge in [-0.05, 0) is 56.5 Å². The van der Waals surface area contributed by atoms with Crippen LogP contribution in [0.4, 0.5) is 5.69 Å². The Balaban J connectivity index is 1.85. The molecule has 1 fully saturated rings. The van der Waals surface area contributed by atoms with Crippen molar-refractivity contribution in [1.29, 1.82) is 0 Å². The summed E-state index contributed by atoms with van der Waals surface area (Å²) in [5, 5.41) is 15.1. The van der Waals surface area contributed by atoms with Crippen LogP contribution in [-0.4, -0.2) is 30.1 Å². The highest BCUT2D eigenvalue weighted by molar-refractivity contribution is 6.34. The third-order valence-corrected chi connectivity index (χ3v) is 4.04. The van der Waals surface area contributed by atoms with E-state index in [9.17, 15) is 9.59 Å². The zero-order valence-electron chi connectivity index (χ0n) is 11.7. The average molecular weight is 311 g/mol. The van der Waals surface area contributed by atoms with Crippen LogP contribution in [-0.2, 0) is 4.79 Å². The lowest BCUT2D eigenvalue weighted by atomic mass is 9.93. The number of piperidine rings is 1. The topological polar surface area (TPSA) is 78.4 Å². The van der Waals surface area contributed by atoms with Gasteiger partial charge in [-0.3, -0.25) is 4.79 Å². The van der Waals surface area contributed by atoms with Crippen molar-refractivity contribution in [1.82, 2.24) is 5.32 Å². The molecule has 0 radical (unpaired) electrons. The molecule has 0 unspecified atom stereocenters. The predicted octanol–water partition coefficient (Wildman–Crippen LogP) is 2.76. The lowest BCUT2D eigenvalue weighted by Gasteiger charge is -2.22. The fourth-order valence-electron chi connectivity index (χ4n) is 2.47. The van der Waals surface area contributed by atoms with Crippen LogP contribution >= 0.6 is 11.6 Å². The van der Waals surface area contributed by atoms with Gasteiger partial charge in [-0.1, -0.05) is 11.6 Å². The maximum Gasteiger partial charge on any atom is 0.335 e. The van der Waals surface area contributed by atoms with Gasteiger partial charge < -0.3 is 15.7 Å². The zero-order valence-corrected chi connectivity index (χ0v) is 12.4. The van der Waals surface area contributed by atoms with E-state index >= 15 is 0 Å². The van der Waals surface area contributed by atoms with Gasteiger partial charge in [-0.25, -0.2) is 4.79 Å². The molecule has 0 spiro atoms. The standard InChI is InChI=1S/C15H19ClN2O3/c16-12-9-11(15(20)21)2-3-13(12)18-14(19)4-1-10-5-7-17-8-6-10/h2-3,9-10,17H,1,4-8H2,(H,18,19)(H,20,21). The minimum atomic E-state index is -1.04. The summed E-state index contributed by atoms with van der Waals surface area (Å²) in [7, 11) is 0. The fraction of sp³-hybridized carbons (Fsp3) is 0.467. The van der Waals surface area contributed by atoms with Crippen molar-refractivity contribution in [3.05, 3.63) is 28.8 Å². The van der Waals surface area contributed by atoms with Crippen molar-refractivity contribution in [2.45, 2.75) is 25.7 Å². The normalized spacial score (nSPS) is 15.7. The minimum Gasteiger partial charge on any atom is -0.478 e. The van der Waals surface area contributed by atoms with Gasteiger partial charge in [0.15, 0.2) is 0 Å². The summed E-state index contributed by atoms with van der Waals surface area (Å²) in [5.74, 6) is -0.527. The largest absolute Gasteiger partial charge is 0.478 e. The quantitative estimate of drug-likeness (QED) is 0.781. The molecule has 1 heterocycles. The predicted molar refractivity (Wildman–Crippen MR) is 81.9 cm³/mol. The van der Waals surface area contributed by atoms with Crippen LogP contribution in [0.3, 0.4) is 0 Å². The number of hydrogen-bond donors (Lipinski definition) is 3. The number of amides is 1. The number of rotatable bonds is 5. The molecular formula is C15H19ClN2O3. The number of halogens is 1. The Morgan fingerprint density at radius 3 is 2.67 bits per heavy atom. The van der Waals surface area contributed by atoms with Crippen LogP contribution in [0, 0.1) is 5.92 Å². The summed E-state index contributed by atoms with van der Waals surface area (Å²) in [6.07, 6.45) is 3.56. The second-order valence-electron chi connectivity index (χ2n) is 5.28. The molecule has 1 amide bonds. The molecule has 0 bridgehead atoms. The van der Waals surface area contributed by atoms with Gasteiger partial charge in [0, 0.05) is 6.42 Å². The molecular weight excluding hydrogens is 292 g/mol. The molecule has 1 aliphatic heterocycles. The van der Waals surface area contributed by atoms with E-state index in [4.69, 9.17) is 16.7 Å². The highest BCUT2D eigenvalue weighted by Crippen LogP contribution is 2.24. The average Bonchev–Trinajstić information content (AvgIpc) is 2.48. The molecule has 1 aliphatic rings. The smallest absolute Gasteiger partial charge is 0.335 e. The Labute approximate surface area is 128 Å². The van der Waals surface area contributed by atoms with Gasteiger partial charge in [0.1, 0.15) is 0 Å². The molecule has 1 aromatic carbocycles. The third-order valence-electron chi connectivity index (χ3n) is 3.73. The van der Waals surface area contributed by atoms with Gasteiger partial charge in [0.25, 0.3) is 0 Å². The Morgan fingerprint density at radius 1 is 1.33 bits per heavy atom. The Hall–Kier alpha value is -1.59. The van der Waals surface area contributed by atoms with Crippen molar-refractivity contribution in [2.24, 2.45) is 5.92 Å². The number of carboxylic acids is 1. The Bertz CT molecular complexity index is 528. The summed E-state index contributed by atoms with van der Waals surface area (Å²) in [6, 6.07) is 4.29. The number of aromatic carboxylic acids is 1. The number of hydrogen-bond acceptors (Lipinski definition) is 3. The third kappa shape index (κ3) is 4.72. The number of carbonyl (C=O) groups excluding carboxylic acids is 1. The van der Waals surface area contributed by atoms with E-state index in [1.165, 1.54) is 18.2 Å². The lowest BCUT2D eigenvalue weighted by Crippen LogP contribution is -2.28. The number of carbonyl (C=O) groups is 2. The van der Waals surface area contributed by atoms with E-state index in [1.807, 2.05) is 0 Å². The van der Waals surface area contributed by atoms with Crippen LogP contribution < -0.4 is 10.6 Å². The number of carboxylic acid groups (broad SMARTS) is 1. The van der Waals surface area contributed by atoms with Gasteiger partial charge >= 0.3 is 5.97 Å². The fourth-order valence-corrected chi connectivity index (χ4v) is 2.70. The maximum atomic E-state index is 11.9. The van der Waals surface area contributed by atoms with Crippen molar-refractivity contribution in [3.8, 4) is 0 Å². The van der Waals surface area contributed by atoms with Crippen LogP contribution in [0.25, 0.3) is 0 Å². The molecule has 114 valence electrons. The van der Waals surface area contributed by atoms with Crippen LogP contribution in [0.1, 0.15) is 36.0 Å². The summed E-state index contributed by atoms with van der Waals surface area (Å²) in [6.45, 7) is 2.05. The summed E-state index contributed by atoms with van der Waals surface area (Å²) < 4.78 is 0. The molecule has 0 aromatic heterocycles. The lowest BCUT2D eigenvalue weighted by molar-refractivity contribution is -0.116. The van der Waals surface area contributed by atoms with Gasteiger partial charge in [-0.2, -0.15) is 0 Å². The first-order valence-corrected chi connectivity index (χ1v) is 7.47. The van der Waals surface area contributed by atoms with Crippen LogP contribution in [0.15, 0.2) is 18.2 Å². The number of anilines is 1. The SMILES string of the molecule is O=C(CCC1CCNCC1)Nc1ccc(C(=O)O)cc1Cl. The molecule has 0 atom stereocenters. The molecule has 0 aliphatic carbocycles. The minimum absolute atomic E-state index is 0.0847. The van der Waals surface area contributed by atoms with Crippen LogP contribution in [0.2, 0.25) is 5.02 Å². The number of benzene rings is 1. The summed E-state index contributed by atoms with van der Waals surface area (Å²) >= 11 is 5.98. The molecule has 0 saturated carbocycles. The summed E-state index contributed by atoms with van der Waals surface area (Å²) in [4.78, 5) is 22.7. The molecule has 3 N–H and O–H groups in total. The maximum absolute atomic E-state index is 11.9. The highest BCUT2D eigenvalue weighted by atomic mass is 35.5. The molecule has 6 heteroatoms. The van der Waals surface area contributed by atoms with E-state index in [0.29, 0.717) is 18.0 Å². The molecule has 21 heavy (non-hydrogen) atoms. The molecule has 5 nitrogen and oxygen atoms in total. The first kappa shape index (κ1) is 15.8. The van der Waals surface area contributed by atoms with Gasteiger partial charge in [0.2, 0.25) is 5.91 Å². The second kappa shape index (κ2) is 7.43. The second-order valence-corrected chi connectivity index (χ2v) is 5.69. The Morgan fingerprint density at radius 2 is 2.05 bits per heavy atom. The molecule has 1 saturated heterocycles. The van der Waals surface area contributed by atoms with Crippen molar-refractivity contribution >= 4 is 29.2 Å². The highest BCUT2D eigenvalue weighted by Gasteiger charge is 2.15. The van der Waals surface area contributed by atoms with Gasteiger partial charge in [-0.15, -0.1) is 0 Å². The summed E-state index contributed by atoms with van der Waals surface area (Å²) in [5.41, 5.74) is 0.560. The molecule has 1 aromatic rings. The van der Waals surface area contributed by atoms with Crippen molar-refractivity contribution in [2.75, 3.05) is 18.4 Å². The molecule has 2 rings (SSSR count). The van der Waals surface area contributed by atoms with E-state index in [2.05, 4.69) is 10.6 Å². The Kier molecular flexibility index (Phi) is 5.59. The first-order chi connectivity index (χ1) is 10.1.